The molecule has 5 nitrogen and oxygen atoms in total. The standard InChI is InChI=1S/C11H14N2O3/c1-7-4-3-5-9(6-7)13-11(16)12-8(2)10(14)15/h3-6,8H,1-2H3,(H,14,15)(H2,12,13,16)/t8-/m0/s1. The third-order valence-corrected chi connectivity index (χ3v) is 1.99. The summed E-state index contributed by atoms with van der Waals surface area (Å²) in [4.78, 5) is 21.9. The topological polar surface area (TPSA) is 78.4 Å². The quantitative estimate of drug-likeness (QED) is 0.726. The lowest BCUT2D eigenvalue weighted by molar-refractivity contribution is -0.138. The van der Waals surface area contributed by atoms with E-state index in [0.29, 0.717) is 5.69 Å². The molecule has 0 bridgehead atoms. The number of urea groups is 1. The molecule has 5 heteroatoms. The Hall–Kier alpha value is -2.04. The molecule has 16 heavy (non-hydrogen) atoms. The van der Waals surface area contributed by atoms with Crippen LogP contribution in [0.1, 0.15) is 12.5 Å². The first-order valence-corrected chi connectivity index (χ1v) is 4.86. The van der Waals surface area contributed by atoms with Crippen molar-refractivity contribution < 1.29 is 14.7 Å². The number of aryl methyl sites for hydroxylation is 1. The SMILES string of the molecule is Cc1cccc(NC(=O)N[C@@H](C)C(=O)O)c1. The van der Waals surface area contributed by atoms with Crippen LogP contribution < -0.4 is 10.6 Å². The fourth-order valence-electron chi connectivity index (χ4n) is 1.15. The summed E-state index contributed by atoms with van der Waals surface area (Å²) in [5.41, 5.74) is 1.65. The minimum absolute atomic E-state index is 0.527. The monoisotopic (exact) mass is 222 g/mol. The molecule has 0 saturated heterocycles. The molecule has 3 N–H and O–H groups in total. The van der Waals surface area contributed by atoms with Gasteiger partial charge in [0, 0.05) is 5.69 Å². The Morgan fingerprint density at radius 3 is 2.62 bits per heavy atom. The van der Waals surface area contributed by atoms with E-state index in [0.717, 1.165) is 5.56 Å². The van der Waals surface area contributed by atoms with Crippen molar-refractivity contribution in [2.24, 2.45) is 0 Å². The second-order valence-corrected chi connectivity index (χ2v) is 3.53. The summed E-state index contributed by atoms with van der Waals surface area (Å²) in [7, 11) is 0. The zero-order valence-electron chi connectivity index (χ0n) is 9.15. The lowest BCUT2D eigenvalue weighted by Crippen LogP contribution is -2.40. The average molecular weight is 222 g/mol. The number of carboxylic acids is 1. The zero-order chi connectivity index (χ0) is 12.1. The van der Waals surface area contributed by atoms with Crippen LogP contribution in [0.2, 0.25) is 0 Å². The van der Waals surface area contributed by atoms with Gasteiger partial charge in [0.2, 0.25) is 0 Å². The number of nitrogens with one attached hydrogen (secondary N) is 2. The van der Waals surface area contributed by atoms with E-state index in [1.54, 1.807) is 12.1 Å². The number of hydrogen-bond acceptors (Lipinski definition) is 2. The summed E-state index contributed by atoms with van der Waals surface area (Å²) >= 11 is 0. The van der Waals surface area contributed by atoms with Gasteiger partial charge in [-0.2, -0.15) is 0 Å². The Morgan fingerprint density at radius 2 is 2.06 bits per heavy atom. The van der Waals surface area contributed by atoms with Gasteiger partial charge >= 0.3 is 12.0 Å². The Bertz CT molecular complexity index is 404. The van der Waals surface area contributed by atoms with Crippen LogP contribution in [-0.2, 0) is 4.79 Å². The summed E-state index contributed by atoms with van der Waals surface area (Å²) in [6.45, 7) is 3.31. The number of anilines is 1. The number of amides is 2. The van der Waals surface area contributed by atoms with Gasteiger partial charge in [0.05, 0.1) is 0 Å². The highest BCUT2D eigenvalue weighted by atomic mass is 16.4. The van der Waals surface area contributed by atoms with E-state index < -0.39 is 18.0 Å². The molecule has 2 amide bonds. The van der Waals surface area contributed by atoms with E-state index in [1.807, 2.05) is 19.1 Å². The molecular formula is C11H14N2O3. The fraction of sp³-hybridized carbons (Fsp3) is 0.273. The summed E-state index contributed by atoms with van der Waals surface area (Å²) in [6.07, 6.45) is 0. The molecule has 86 valence electrons. The first-order chi connectivity index (χ1) is 7.49. The molecule has 0 spiro atoms. The van der Waals surface area contributed by atoms with Crippen LogP contribution in [0.5, 0.6) is 0 Å². The number of rotatable bonds is 3. The van der Waals surface area contributed by atoms with E-state index in [-0.39, 0.29) is 0 Å². The molecule has 0 unspecified atom stereocenters. The van der Waals surface area contributed by atoms with Crippen molar-refractivity contribution in [1.29, 1.82) is 0 Å². The van der Waals surface area contributed by atoms with Gasteiger partial charge in [0.25, 0.3) is 0 Å². The minimum atomic E-state index is -1.07. The molecule has 0 aromatic heterocycles. The molecule has 1 rings (SSSR count). The Kier molecular flexibility index (Phi) is 3.88. The maximum Gasteiger partial charge on any atom is 0.325 e. The summed E-state index contributed by atoms with van der Waals surface area (Å²) < 4.78 is 0. The predicted octanol–water partition coefficient (Wildman–Crippen LogP) is 1.59. The van der Waals surface area contributed by atoms with Crippen molar-refractivity contribution in [1.82, 2.24) is 5.32 Å². The lowest BCUT2D eigenvalue weighted by Gasteiger charge is -2.10. The van der Waals surface area contributed by atoms with Gasteiger partial charge < -0.3 is 15.7 Å². The summed E-state index contributed by atoms with van der Waals surface area (Å²) in [6, 6.07) is 5.81. The van der Waals surface area contributed by atoms with Crippen molar-refractivity contribution in [2.75, 3.05) is 5.32 Å². The maximum atomic E-state index is 11.4. The number of carbonyl (C=O) groups excluding carboxylic acids is 1. The van der Waals surface area contributed by atoms with Crippen molar-refractivity contribution >= 4 is 17.7 Å². The Balaban J connectivity index is 2.55. The first-order valence-electron chi connectivity index (χ1n) is 4.86. The minimum Gasteiger partial charge on any atom is -0.480 e. The molecule has 0 aliphatic rings. The van der Waals surface area contributed by atoms with Gasteiger partial charge in [-0.1, -0.05) is 12.1 Å². The molecular weight excluding hydrogens is 208 g/mol. The number of aliphatic carboxylic acids is 1. The first kappa shape index (κ1) is 12.0. The Morgan fingerprint density at radius 1 is 1.38 bits per heavy atom. The van der Waals surface area contributed by atoms with Gasteiger partial charge in [0.15, 0.2) is 0 Å². The zero-order valence-corrected chi connectivity index (χ0v) is 9.15. The smallest absolute Gasteiger partial charge is 0.325 e. The van der Waals surface area contributed by atoms with Crippen LogP contribution >= 0.6 is 0 Å². The second-order valence-electron chi connectivity index (χ2n) is 3.53. The van der Waals surface area contributed by atoms with Crippen molar-refractivity contribution in [2.45, 2.75) is 19.9 Å². The average Bonchev–Trinajstić information content (AvgIpc) is 2.16. The van der Waals surface area contributed by atoms with Gasteiger partial charge in [-0.3, -0.25) is 4.79 Å². The van der Waals surface area contributed by atoms with E-state index in [9.17, 15) is 9.59 Å². The fourth-order valence-corrected chi connectivity index (χ4v) is 1.15. The molecule has 0 saturated carbocycles. The molecule has 0 aliphatic carbocycles. The van der Waals surface area contributed by atoms with Gasteiger partial charge in [0.1, 0.15) is 6.04 Å². The van der Waals surface area contributed by atoms with Gasteiger partial charge in [-0.15, -0.1) is 0 Å². The van der Waals surface area contributed by atoms with Crippen LogP contribution in [0, 0.1) is 6.92 Å². The van der Waals surface area contributed by atoms with Crippen molar-refractivity contribution in [3.05, 3.63) is 29.8 Å². The number of benzene rings is 1. The highest BCUT2D eigenvalue weighted by Gasteiger charge is 2.13. The summed E-state index contributed by atoms with van der Waals surface area (Å²) in [5.74, 6) is -1.07. The highest BCUT2D eigenvalue weighted by Crippen LogP contribution is 2.08. The predicted molar refractivity (Wildman–Crippen MR) is 60.4 cm³/mol. The molecule has 0 heterocycles. The summed E-state index contributed by atoms with van der Waals surface area (Å²) in [5, 5.41) is 13.5. The maximum absolute atomic E-state index is 11.4. The molecule has 1 aromatic carbocycles. The molecule has 0 radical (unpaired) electrons. The van der Waals surface area contributed by atoms with Crippen LogP contribution in [0.15, 0.2) is 24.3 Å². The third kappa shape index (κ3) is 3.61. The number of hydrogen-bond donors (Lipinski definition) is 3. The number of carboxylic acid groups (broad SMARTS) is 1. The highest BCUT2D eigenvalue weighted by molar-refractivity contribution is 5.92. The Labute approximate surface area is 93.5 Å². The van der Waals surface area contributed by atoms with Gasteiger partial charge in [-0.25, -0.2) is 4.79 Å². The van der Waals surface area contributed by atoms with E-state index in [2.05, 4.69) is 10.6 Å². The second kappa shape index (κ2) is 5.16. The van der Waals surface area contributed by atoms with Crippen LogP contribution in [0.3, 0.4) is 0 Å². The van der Waals surface area contributed by atoms with E-state index in [4.69, 9.17) is 5.11 Å². The molecule has 0 fully saturated rings. The van der Waals surface area contributed by atoms with Crippen LogP contribution in [0.25, 0.3) is 0 Å². The van der Waals surface area contributed by atoms with Crippen LogP contribution in [0.4, 0.5) is 10.5 Å². The van der Waals surface area contributed by atoms with Crippen LogP contribution in [-0.4, -0.2) is 23.1 Å². The van der Waals surface area contributed by atoms with Crippen molar-refractivity contribution in [3.63, 3.8) is 0 Å². The largest absolute Gasteiger partial charge is 0.480 e. The van der Waals surface area contributed by atoms with E-state index in [1.165, 1.54) is 6.92 Å². The normalized spacial score (nSPS) is 11.6. The van der Waals surface area contributed by atoms with Crippen molar-refractivity contribution in [3.8, 4) is 0 Å². The molecule has 1 aromatic rings. The number of carbonyl (C=O) groups is 2. The molecule has 0 aliphatic heterocycles. The van der Waals surface area contributed by atoms with Gasteiger partial charge in [-0.05, 0) is 31.5 Å². The third-order valence-electron chi connectivity index (χ3n) is 1.99. The van der Waals surface area contributed by atoms with E-state index >= 15 is 0 Å². The molecule has 1 atom stereocenters. The lowest BCUT2D eigenvalue weighted by atomic mass is 10.2.